The van der Waals surface area contributed by atoms with Crippen molar-refractivity contribution in [3.05, 3.63) is 24.3 Å². The van der Waals surface area contributed by atoms with Gasteiger partial charge in [0, 0.05) is 5.92 Å². The average Bonchev–Trinajstić information content (AvgIpc) is 2.23. The van der Waals surface area contributed by atoms with Crippen LogP contribution in [0.1, 0.15) is 34.6 Å². The van der Waals surface area contributed by atoms with Gasteiger partial charge < -0.3 is 9.22 Å². The van der Waals surface area contributed by atoms with Crippen LogP contribution in [0, 0.1) is 5.92 Å². The van der Waals surface area contributed by atoms with Crippen LogP contribution in [0.5, 0.6) is 0 Å². The van der Waals surface area contributed by atoms with Gasteiger partial charge in [0.25, 0.3) is 0 Å². The van der Waals surface area contributed by atoms with E-state index in [1.165, 1.54) is 0 Å². The van der Waals surface area contributed by atoms with Crippen LogP contribution in [0.3, 0.4) is 0 Å². The third kappa shape index (κ3) is 4.54. The molecule has 0 bridgehead atoms. The van der Waals surface area contributed by atoms with E-state index in [2.05, 4.69) is 40.4 Å². The zero-order valence-electron chi connectivity index (χ0n) is 12.9. The predicted molar refractivity (Wildman–Crippen MR) is 81.3 cm³/mol. The van der Waals surface area contributed by atoms with Crippen molar-refractivity contribution in [2.45, 2.75) is 58.9 Å². The summed E-state index contributed by atoms with van der Waals surface area (Å²) in [5, 5.41) is 0.141. The summed E-state index contributed by atoms with van der Waals surface area (Å²) in [5.41, 5.74) is 1.06. The molecule has 0 aromatic rings. The van der Waals surface area contributed by atoms with E-state index in [-0.39, 0.29) is 17.1 Å². The maximum atomic E-state index is 11.1. The first-order valence-electron chi connectivity index (χ1n) is 6.49. The maximum Gasteiger partial charge on any atom is 0.192 e. The number of allylic oxidation sites excluding steroid dienone is 2. The predicted octanol–water partition coefficient (Wildman–Crippen LogP) is 4.34. The van der Waals surface area contributed by atoms with E-state index in [1.54, 1.807) is 6.08 Å². The summed E-state index contributed by atoms with van der Waals surface area (Å²) < 4.78 is 6.36. The maximum absolute atomic E-state index is 11.1. The van der Waals surface area contributed by atoms with Crippen molar-refractivity contribution in [3.63, 3.8) is 0 Å². The quantitative estimate of drug-likeness (QED) is 0.407. The fourth-order valence-electron chi connectivity index (χ4n) is 1.46. The van der Waals surface area contributed by atoms with E-state index >= 15 is 0 Å². The first kappa shape index (κ1) is 17.3. The normalized spacial score (nSPS) is 17.2. The molecule has 0 aliphatic heterocycles. The Morgan fingerprint density at radius 3 is 2.17 bits per heavy atom. The van der Waals surface area contributed by atoms with Gasteiger partial charge in [0.15, 0.2) is 8.32 Å². The summed E-state index contributed by atoms with van der Waals surface area (Å²) in [6, 6.07) is 0. The molecule has 0 radical (unpaired) electrons. The molecule has 2 nitrogen and oxygen atoms in total. The van der Waals surface area contributed by atoms with Gasteiger partial charge >= 0.3 is 0 Å². The molecule has 0 spiro atoms. The first-order chi connectivity index (χ1) is 8.06. The number of carbonyl (C=O) groups excluding carboxylic acids is 1. The van der Waals surface area contributed by atoms with Gasteiger partial charge in [-0.05, 0) is 30.6 Å². The van der Waals surface area contributed by atoms with Crippen molar-refractivity contribution in [2.24, 2.45) is 5.92 Å². The van der Waals surface area contributed by atoms with Crippen molar-refractivity contribution in [3.8, 4) is 0 Å². The minimum absolute atomic E-state index is 0.129. The van der Waals surface area contributed by atoms with Gasteiger partial charge in [0.2, 0.25) is 0 Å². The van der Waals surface area contributed by atoms with Crippen molar-refractivity contribution >= 4 is 14.6 Å². The molecule has 0 unspecified atom stereocenters. The highest BCUT2D eigenvalue weighted by atomic mass is 28.4. The largest absolute Gasteiger partial charge is 0.410 e. The summed E-state index contributed by atoms with van der Waals surface area (Å²) in [5.74, 6) is -0.129. The van der Waals surface area contributed by atoms with E-state index in [9.17, 15) is 4.79 Å². The van der Waals surface area contributed by atoms with Crippen LogP contribution in [0.4, 0.5) is 0 Å². The van der Waals surface area contributed by atoms with Crippen molar-refractivity contribution in [1.29, 1.82) is 0 Å². The Labute approximate surface area is 113 Å². The summed E-state index contributed by atoms with van der Waals surface area (Å²) in [7, 11) is -1.87. The standard InChI is InChI=1S/C15H28O2Si/c1-9-10-12(2)14(13(3)11-16)17-18(7,8)15(4,5)6/h9-11,13-14H,1H2,2-8H3/b12-10+/t13-,14-/m0/s1. The topological polar surface area (TPSA) is 26.3 Å². The molecule has 18 heavy (non-hydrogen) atoms. The number of aldehydes is 1. The molecule has 2 atom stereocenters. The highest BCUT2D eigenvalue weighted by Crippen LogP contribution is 2.38. The summed E-state index contributed by atoms with van der Waals surface area (Å²) in [6.45, 7) is 18.6. The minimum atomic E-state index is -1.87. The average molecular weight is 268 g/mol. The minimum Gasteiger partial charge on any atom is -0.410 e. The van der Waals surface area contributed by atoms with Gasteiger partial charge in [-0.2, -0.15) is 0 Å². The molecule has 0 heterocycles. The number of carbonyl (C=O) groups is 1. The number of hydrogen-bond acceptors (Lipinski definition) is 2. The van der Waals surface area contributed by atoms with E-state index in [1.807, 2.05) is 19.9 Å². The SMILES string of the molecule is C=C/C=C(\C)[C@H](O[Si](C)(C)C(C)(C)C)[C@@H](C)C=O. The van der Waals surface area contributed by atoms with Crippen LogP contribution in [-0.2, 0) is 9.22 Å². The Balaban J connectivity index is 5.20. The van der Waals surface area contributed by atoms with Gasteiger partial charge in [-0.3, -0.25) is 0 Å². The molecule has 0 aliphatic rings. The lowest BCUT2D eigenvalue weighted by molar-refractivity contribution is -0.112. The molecule has 0 fully saturated rings. The zero-order chi connectivity index (χ0) is 14.6. The Kier molecular flexibility index (Phi) is 6.24. The van der Waals surface area contributed by atoms with E-state index in [0.29, 0.717) is 0 Å². The van der Waals surface area contributed by atoms with Crippen LogP contribution in [0.25, 0.3) is 0 Å². The van der Waals surface area contributed by atoms with Crippen LogP contribution in [0.2, 0.25) is 18.1 Å². The van der Waals surface area contributed by atoms with Gasteiger partial charge in [-0.25, -0.2) is 0 Å². The van der Waals surface area contributed by atoms with E-state index < -0.39 is 8.32 Å². The molecule has 0 aromatic carbocycles. The van der Waals surface area contributed by atoms with Crippen molar-refractivity contribution in [2.75, 3.05) is 0 Å². The summed E-state index contributed by atoms with van der Waals surface area (Å²) in [6.07, 6.45) is 4.51. The third-order valence-corrected chi connectivity index (χ3v) is 8.21. The fraction of sp³-hybridized carbons (Fsp3) is 0.667. The summed E-state index contributed by atoms with van der Waals surface area (Å²) >= 11 is 0. The number of rotatable bonds is 6. The van der Waals surface area contributed by atoms with E-state index in [4.69, 9.17) is 4.43 Å². The molecule has 3 heteroatoms. The molecule has 0 rings (SSSR count). The molecular formula is C15H28O2Si. The Morgan fingerprint density at radius 1 is 1.33 bits per heavy atom. The zero-order valence-corrected chi connectivity index (χ0v) is 13.9. The second-order valence-electron chi connectivity index (χ2n) is 6.44. The highest BCUT2D eigenvalue weighted by Gasteiger charge is 2.40. The van der Waals surface area contributed by atoms with Gasteiger partial charge in [-0.1, -0.05) is 46.4 Å². The molecule has 0 amide bonds. The monoisotopic (exact) mass is 268 g/mol. The van der Waals surface area contributed by atoms with Crippen LogP contribution in [-0.4, -0.2) is 20.7 Å². The molecule has 0 aromatic heterocycles. The Bertz CT molecular complexity index is 324. The molecule has 0 saturated heterocycles. The van der Waals surface area contributed by atoms with Crippen molar-refractivity contribution in [1.82, 2.24) is 0 Å². The first-order valence-corrected chi connectivity index (χ1v) is 9.40. The summed E-state index contributed by atoms with van der Waals surface area (Å²) in [4.78, 5) is 11.1. The second-order valence-corrected chi connectivity index (χ2v) is 11.2. The smallest absolute Gasteiger partial charge is 0.192 e. The van der Waals surface area contributed by atoms with Crippen LogP contribution in [0.15, 0.2) is 24.3 Å². The molecule has 104 valence electrons. The van der Waals surface area contributed by atoms with Gasteiger partial charge in [0.1, 0.15) is 6.29 Å². The molecule has 0 N–H and O–H groups in total. The molecular weight excluding hydrogens is 240 g/mol. The fourth-order valence-corrected chi connectivity index (χ4v) is 2.85. The Morgan fingerprint density at radius 2 is 1.83 bits per heavy atom. The number of hydrogen-bond donors (Lipinski definition) is 0. The van der Waals surface area contributed by atoms with Gasteiger partial charge in [-0.15, -0.1) is 0 Å². The lowest BCUT2D eigenvalue weighted by atomic mass is 10.00. The highest BCUT2D eigenvalue weighted by molar-refractivity contribution is 6.74. The third-order valence-electron chi connectivity index (χ3n) is 3.75. The lowest BCUT2D eigenvalue weighted by Gasteiger charge is -2.40. The molecule has 0 saturated carbocycles. The van der Waals surface area contributed by atoms with Crippen LogP contribution < -0.4 is 0 Å². The molecule has 0 aliphatic carbocycles. The van der Waals surface area contributed by atoms with Crippen molar-refractivity contribution < 1.29 is 9.22 Å². The lowest BCUT2D eigenvalue weighted by Crippen LogP contribution is -2.46. The van der Waals surface area contributed by atoms with Gasteiger partial charge in [0.05, 0.1) is 6.10 Å². The Hall–Kier alpha value is -0.673. The van der Waals surface area contributed by atoms with E-state index in [0.717, 1.165) is 11.9 Å². The van der Waals surface area contributed by atoms with Crippen LogP contribution >= 0.6 is 0 Å². The second kappa shape index (κ2) is 6.48.